The van der Waals surface area contributed by atoms with Crippen LogP contribution in [-0.4, -0.2) is 44.2 Å². The fourth-order valence-electron chi connectivity index (χ4n) is 4.07. The minimum Gasteiger partial charge on any atom is -0.497 e. The lowest BCUT2D eigenvalue weighted by Gasteiger charge is -2.38. The Bertz CT molecular complexity index is 806. The average molecular weight is 366 g/mol. The Balaban J connectivity index is 1.34. The van der Waals surface area contributed by atoms with E-state index in [1.807, 2.05) is 35.2 Å². The van der Waals surface area contributed by atoms with Crippen molar-refractivity contribution in [3.05, 3.63) is 53.6 Å². The molecule has 2 aromatic carbocycles. The van der Waals surface area contributed by atoms with Crippen LogP contribution in [0.15, 0.2) is 42.5 Å². The molecule has 0 radical (unpaired) electrons. The van der Waals surface area contributed by atoms with Crippen LogP contribution >= 0.6 is 0 Å². The zero-order valence-electron chi connectivity index (χ0n) is 15.9. The molecule has 1 atom stereocenters. The van der Waals surface area contributed by atoms with Gasteiger partial charge in [0.15, 0.2) is 0 Å². The largest absolute Gasteiger partial charge is 0.497 e. The predicted molar refractivity (Wildman–Crippen MR) is 106 cm³/mol. The van der Waals surface area contributed by atoms with E-state index in [-0.39, 0.29) is 11.8 Å². The highest BCUT2D eigenvalue weighted by molar-refractivity contribution is 5.87. The van der Waals surface area contributed by atoms with Gasteiger partial charge in [0, 0.05) is 43.0 Å². The SMILES string of the molecule is COc1cc(NC2CCN(C(=O)C3Cc4ccccc43)CC2)cc(OC)c1. The Hall–Kier alpha value is -2.69. The number of hydrogen-bond donors (Lipinski definition) is 1. The molecule has 142 valence electrons. The molecule has 0 bridgehead atoms. The number of anilines is 1. The highest BCUT2D eigenvalue weighted by Crippen LogP contribution is 2.37. The second-order valence-corrected chi connectivity index (χ2v) is 7.30. The van der Waals surface area contributed by atoms with Gasteiger partial charge in [-0.15, -0.1) is 0 Å². The lowest BCUT2D eigenvalue weighted by molar-refractivity contribution is -0.134. The number of amides is 1. The first kappa shape index (κ1) is 17.7. The van der Waals surface area contributed by atoms with Crippen LogP contribution in [0.4, 0.5) is 5.69 Å². The molecule has 5 nitrogen and oxygen atoms in total. The monoisotopic (exact) mass is 366 g/mol. The first-order chi connectivity index (χ1) is 13.2. The molecule has 1 unspecified atom stereocenters. The minimum atomic E-state index is 0.0633. The van der Waals surface area contributed by atoms with Crippen molar-refractivity contribution in [3.8, 4) is 11.5 Å². The lowest BCUT2D eigenvalue weighted by Crippen LogP contribution is -2.46. The number of methoxy groups -OCH3 is 2. The molecule has 0 aromatic heterocycles. The minimum absolute atomic E-state index is 0.0633. The molecule has 1 aliphatic heterocycles. The van der Waals surface area contributed by atoms with Gasteiger partial charge in [-0.25, -0.2) is 0 Å². The second kappa shape index (κ2) is 7.51. The van der Waals surface area contributed by atoms with Crippen molar-refractivity contribution >= 4 is 11.6 Å². The maximum absolute atomic E-state index is 12.8. The molecule has 1 aliphatic carbocycles. The van der Waals surface area contributed by atoms with Crippen LogP contribution in [0.2, 0.25) is 0 Å². The van der Waals surface area contributed by atoms with Crippen molar-refractivity contribution in [2.75, 3.05) is 32.6 Å². The summed E-state index contributed by atoms with van der Waals surface area (Å²) in [6.07, 6.45) is 2.77. The molecule has 27 heavy (non-hydrogen) atoms. The maximum Gasteiger partial charge on any atom is 0.230 e. The van der Waals surface area contributed by atoms with Gasteiger partial charge < -0.3 is 19.7 Å². The zero-order chi connectivity index (χ0) is 18.8. The van der Waals surface area contributed by atoms with E-state index in [0.717, 1.165) is 49.5 Å². The van der Waals surface area contributed by atoms with Gasteiger partial charge in [0.2, 0.25) is 5.91 Å². The van der Waals surface area contributed by atoms with E-state index in [1.165, 1.54) is 11.1 Å². The van der Waals surface area contributed by atoms with Crippen LogP contribution < -0.4 is 14.8 Å². The summed E-state index contributed by atoms with van der Waals surface area (Å²) >= 11 is 0. The predicted octanol–water partition coefficient (Wildman–Crippen LogP) is 3.45. The number of fused-ring (bicyclic) bond motifs is 1. The number of likely N-dealkylation sites (tertiary alicyclic amines) is 1. The van der Waals surface area contributed by atoms with Gasteiger partial charge in [-0.2, -0.15) is 0 Å². The number of piperidine rings is 1. The molecule has 5 heteroatoms. The molecular formula is C22H26N2O3. The van der Waals surface area contributed by atoms with Gasteiger partial charge in [-0.3, -0.25) is 4.79 Å². The topological polar surface area (TPSA) is 50.8 Å². The molecule has 1 heterocycles. The van der Waals surface area contributed by atoms with E-state index in [0.29, 0.717) is 6.04 Å². The van der Waals surface area contributed by atoms with Crippen molar-refractivity contribution in [1.82, 2.24) is 4.90 Å². The Morgan fingerprint density at radius 1 is 1.04 bits per heavy atom. The fraction of sp³-hybridized carbons (Fsp3) is 0.409. The maximum atomic E-state index is 12.8. The number of carbonyl (C=O) groups is 1. The molecule has 2 aliphatic rings. The van der Waals surface area contributed by atoms with Crippen molar-refractivity contribution < 1.29 is 14.3 Å². The quantitative estimate of drug-likeness (QED) is 0.881. The number of ether oxygens (including phenoxy) is 2. The zero-order valence-corrected chi connectivity index (χ0v) is 15.9. The standard InChI is InChI=1S/C22H26N2O3/c1-26-18-12-17(13-19(14-18)27-2)23-16-7-9-24(10-8-16)22(25)21-11-15-5-3-4-6-20(15)21/h3-6,12-14,16,21,23H,7-11H2,1-2H3. The van der Waals surface area contributed by atoms with Gasteiger partial charge >= 0.3 is 0 Å². The third-order valence-electron chi connectivity index (χ3n) is 5.68. The first-order valence-corrected chi connectivity index (χ1v) is 9.54. The van der Waals surface area contributed by atoms with Gasteiger partial charge in [-0.1, -0.05) is 24.3 Å². The number of benzene rings is 2. The highest BCUT2D eigenvalue weighted by atomic mass is 16.5. The summed E-state index contributed by atoms with van der Waals surface area (Å²) in [5.41, 5.74) is 3.52. The summed E-state index contributed by atoms with van der Waals surface area (Å²) in [7, 11) is 3.31. The summed E-state index contributed by atoms with van der Waals surface area (Å²) in [5.74, 6) is 1.89. The van der Waals surface area contributed by atoms with Crippen LogP contribution in [0.25, 0.3) is 0 Å². The molecule has 0 saturated carbocycles. The number of carbonyl (C=O) groups excluding carboxylic acids is 1. The molecule has 0 spiro atoms. The summed E-state index contributed by atoms with van der Waals surface area (Å²) in [5, 5.41) is 3.56. The molecule has 1 saturated heterocycles. The Kier molecular flexibility index (Phi) is 4.92. The van der Waals surface area contributed by atoms with Crippen molar-refractivity contribution in [3.63, 3.8) is 0 Å². The van der Waals surface area contributed by atoms with Gasteiger partial charge in [0.1, 0.15) is 11.5 Å². The van der Waals surface area contributed by atoms with Crippen LogP contribution in [0.3, 0.4) is 0 Å². The summed E-state index contributed by atoms with van der Waals surface area (Å²) in [4.78, 5) is 14.9. The summed E-state index contributed by atoms with van der Waals surface area (Å²) in [6, 6.07) is 14.4. The smallest absolute Gasteiger partial charge is 0.230 e. The number of hydrogen-bond acceptors (Lipinski definition) is 4. The Morgan fingerprint density at radius 3 is 2.33 bits per heavy atom. The van der Waals surface area contributed by atoms with E-state index < -0.39 is 0 Å². The summed E-state index contributed by atoms with van der Waals surface area (Å²) < 4.78 is 10.7. The molecule has 1 N–H and O–H groups in total. The lowest BCUT2D eigenvalue weighted by atomic mass is 9.76. The van der Waals surface area contributed by atoms with Crippen molar-refractivity contribution in [2.24, 2.45) is 0 Å². The van der Waals surface area contributed by atoms with E-state index in [1.54, 1.807) is 14.2 Å². The van der Waals surface area contributed by atoms with Crippen LogP contribution in [-0.2, 0) is 11.2 Å². The first-order valence-electron chi connectivity index (χ1n) is 9.54. The van der Waals surface area contributed by atoms with Crippen molar-refractivity contribution in [1.29, 1.82) is 0 Å². The van der Waals surface area contributed by atoms with Gasteiger partial charge in [0.25, 0.3) is 0 Å². The fourth-order valence-corrected chi connectivity index (χ4v) is 4.07. The van der Waals surface area contributed by atoms with E-state index in [2.05, 4.69) is 17.4 Å². The van der Waals surface area contributed by atoms with E-state index >= 15 is 0 Å². The molecular weight excluding hydrogens is 340 g/mol. The van der Waals surface area contributed by atoms with E-state index in [9.17, 15) is 4.79 Å². The number of nitrogens with one attached hydrogen (secondary N) is 1. The highest BCUT2D eigenvalue weighted by Gasteiger charge is 2.35. The third-order valence-corrected chi connectivity index (χ3v) is 5.68. The average Bonchev–Trinajstić information content (AvgIpc) is 2.69. The third kappa shape index (κ3) is 3.59. The van der Waals surface area contributed by atoms with Gasteiger partial charge in [-0.05, 0) is 30.4 Å². The number of nitrogens with zero attached hydrogens (tertiary/aromatic N) is 1. The van der Waals surface area contributed by atoms with E-state index in [4.69, 9.17) is 9.47 Å². The Morgan fingerprint density at radius 2 is 1.70 bits per heavy atom. The normalized spacial score (nSPS) is 19.0. The Labute approximate surface area is 160 Å². The second-order valence-electron chi connectivity index (χ2n) is 7.30. The molecule has 2 aromatic rings. The van der Waals surface area contributed by atoms with Crippen LogP contribution in [0.5, 0.6) is 11.5 Å². The summed E-state index contributed by atoms with van der Waals surface area (Å²) in [6.45, 7) is 1.60. The van der Waals surface area contributed by atoms with Crippen LogP contribution in [0, 0.1) is 0 Å². The van der Waals surface area contributed by atoms with Crippen LogP contribution in [0.1, 0.15) is 29.9 Å². The molecule has 1 amide bonds. The molecule has 4 rings (SSSR count). The van der Waals surface area contributed by atoms with Gasteiger partial charge in [0.05, 0.1) is 20.1 Å². The number of rotatable bonds is 5. The van der Waals surface area contributed by atoms with Crippen molar-refractivity contribution in [2.45, 2.75) is 31.2 Å². The molecule has 1 fully saturated rings.